The molecule has 4 nitrogen and oxygen atoms in total. The van der Waals surface area contributed by atoms with Crippen molar-refractivity contribution < 1.29 is 0 Å². The first-order chi connectivity index (χ1) is 12.7. The van der Waals surface area contributed by atoms with Crippen molar-refractivity contribution in [3.8, 4) is 0 Å². The number of hydrogen-bond donors (Lipinski definition) is 2. The molecule has 0 amide bonds. The first kappa shape index (κ1) is 20.9. The minimum atomic E-state index is 0. The molecule has 3 aliphatic rings. The van der Waals surface area contributed by atoms with Crippen LogP contribution < -0.4 is 10.6 Å². The number of rotatable bonds is 4. The summed E-state index contributed by atoms with van der Waals surface area (Å²) in [6, 6.07) is 11.4. The number of nitrogens with zero attached hydrogens (tertiary/aromatic N) is 2. The van der Waals surface area contributed by atoms with Crippen LogP contribution in [-0.4, -0.2) is 48.6 Å². The summed E-state index contributed by atoms with van der Waals surface area (Å²) in [5, 5.41) is 7.49. The van der Waals surface area contributed by atoms with Crippen LogP contribution in [0.25, 0.3) is 0 Å². The van der Waals surface area contributed by atoms with Crippen molar-refractivity contribution in [2.75, 3.05) is 13.6 Å². The summed E-state index contributed by atoms with van der Waals surface area (Å²) in [4.78, 5) is 7.37. The number of hydrogen-bond acceptors (Lipinski definition) is 2. The number of piperidine rings is 2. The molecule has 4 unspecified atom stereocenters. The van der Waals surface area contributed by atoms with Gasteiger partial charge in [-0.15, -0.1) is 24.0 Å². The van der Waals surface area contributed by atoms with Gasteiger partial charge >= 0.3 is 0 Å². The molecular weight excluding hydrogens is 447 g/mol. The molecule has 4 atom stereocenters. The van der Waals surface area contributed by atoms with E-state index in [1.165, 1.54) is 49.7 Å². The standard InChI is InChI=1S/C22H34N4.HI/c1-4-23-22(24-16-12-17-9-7-10-18(13-16)26(17)3)25-21-14-20(21)19-11-6-5-8-15(19)2;/h5-6,8,11,16-18,20-21H,4,7,9-10,12-14H2,1-3H3,(H2,23,24,25);1H. The molecule has 0 radical (unpaired) electrons. The Bertz CT molecular complexity index is 647. The number of aryl methyl sites for hydroxylation is 1. The molecule has 150 valence electrons. The SMILES string of the molecule is CCN=C(NC1CC2CCCC(C1)N2C)NC1CC1c1ccccc1C.I. The van der Waals surface area contributed by atoms with E-state index < -0.39 is 0 Å². The van der Waals surface area contributed by atoms with Crippen molar-refractivity contribution in [3.05, 3.63) is 35.4 Å². The number of benzene rings is 1. The Labute approximate surface area is 181 Å². The third kappa shape index (κ3) is 4.78. The molecule has 2 bridgehead atoms. The molecular formula is C22H35IN4. The van der Waals surface area contributed by atoms with E-state index in [0.717, 1.165) is 24.6 Å². The molecule has 0 spiro atoms. The maximum atomic E-state index is 4.74. The zero-order valence-electron chi connectivity index (χ0n) is 16.9. The zero-order valence-corrected chi connectivity index (χ0v) is 19.3. The van der Waals surface area contributed by atoms with Gasteiger partial charge in [-0.05, 0) is 64.1 Å². The highest BCUT2D eigenvalue weighted by Gasteiger charge is 2.41. The minimum absolute atomic E-state index is 0. The molecule has 2 N–H and O–H groups in total. The predicted octanol–water partition coefficient (Wildman–Crippen LogP) is 4.04. The monoisotopic (exact) mass is 482 g/mol. The van der Waals surface area contributed by atoms with Crippen LogP contribution in [0.1, 0.15) is 62.5 Å². The fourth-order valence-electron chi connectivity index (χ4n) is 5.09. The lowest BCUT2D eigenvalue weighted by Crippen LogP contribution is -2.56. The van der Waals surface area contributed by atoms with Gasteiger partial charge in [-0.25, -0.2) is 0 Å². The fourth-order valence-corrected chi connectivity index (χ4v) is 5.09. The average molecular weight is 482 g/mol. The number of halogens is 1. The first-order valence-corrected chi connectivity index (χ1v) is 10.5. The van der Waals surface area contributed by atoms with Crippen molar-refractivity contribution >= 4 is 29.9 Å². The van der Waals surface area contributed by atoms with E-state index in [0.29, 0.717) is 18.0 Å². The molecule has 2 saturated heterocycles. The summed E-state index contributed by atoms with van der Waals surface area (Å²) in [6.45, 7) is 5.18. The molecule has 0 aromatic heterocycles. The van der Waals surface area contributed by atoms with Crippen molar-refractivity contribution in [3.63, 3.8) is 0 Å². The van der Waals surface area contributed by atoms with Gasteiger partial charge in [0, 0.05) is 36.6 Å². The predicted molar refractivity (Wildman–Crippen MR) is 124 cm³/mol. The van der Waals surface area contributed by atoms with E-state index in [-0.39, 0.29) is 24.0 Å². The quantitative estimate of drug-likeness (QED) is 0.387. The van der Waals surface area contributed by atoms with Crippen molar-refractivity contribution in [2.24, 2.45) is 4.99 Å². The summed E-state index contributed by atoms with van der Waals surface area (Å²) in [5.74, 6) is 1.66. The third-order valence-electron chi connectivity index (χ3n) is 6.70. The van der Waals surface area contributed by atoms with Crippen molar-refractivity contribution in [1.82, 2.24) is 15.5 Å². The Hall–Kier alpha value is -0.820. The van der Waals surface area contributed by atoms with Crippen LogP contribution >= 0.6 is 24.0 Å². The Kier molecular flexibility index (Phi) is 7.06. The van der Waals surface area contributed by atoms with Crippen molar-refractivity contribution in [2.45, 2.75) is 82.5 Å². The molecule has 1 aliphatic carbocycles. The van der Waals surface area contributed by atoms with Gasteiger partial charge in [-0.3, -0.25) is 4.99 Å². The maximum absolute atomic E-state index is 4.74. The molecule has 3 fully saturated rings. The van der Waals surface area contributed by atoms with E-state index in [4.69, 9.17) is 4.99 Å². The second-order valence-electron chi connectivity index (χ2n) is 8.49. The van der Waals surface area contributed by atoms with E-state index in [1.54, 1.807) is 0 Å². The van der Waals surface area contributed by atoms with Gasteiger partial charge in [0.15, 0.2) is 5.96 Å². The van der Waals surface area contributed by atoms with Crippen LogP contribution in [0.3, 0.4) is 0 Å². The third-order valence-corrected chi connectivity index (χ3v) is 6.70. The van der Waals surface area contributed by atoms with Crippen LogP contribution in [0.2, 0.25) is 0 Å². The van der Waals surface area contributed by atoms with E-state index in [2.05, 4.69) is 60.7 Å². The van der Waals surface area contributed by atoms with E-state index in [9.17, 15) is 0 Å². The molecule has 4 rings (SSSR count). The Balaban J connectivity index is 0.00000210. The van der Waals surface area contributed by atoms with Gasteiger partial charge in [-0.2, -0.15) is 0 Å². The highest BCUT2D eigenvalue weighted by Crippen LogP contribution is 2.42. The molecule has 1 aromatic rings. The van der Waals surface area contributed by atoms with Gasteiger partial charge in [-0.1, -0.05) is 30.7 Å². The highest BCUT2D eigenvalue weighted by molar-refractivity contribution is 14.0. The smallest absolute Gasteiger partial charge is 0.191 e. The highest BCUT2D eigenvalue weighted by atomic mass is 127. The van der Waals surface area contributed by atoms with Crippen LogP contribution in [-0.2, 0) is 0 Å². The van der Waals surface area contributed by atoms with Crippen molar-refractivity contribution in [1.29, 1.82) is 0 Å². The summed E-state index contributed by atoms with van der Waals surface area (Å²) >= 11 is 0. The largest absolute Gasteiger partial charge is 0.354 e. The van der Waals surface area contributed by atoms with E-state index >= 15 is 0 Å². The number of nitrogens with one attached hydrogen (secondary N) is 2. The van der Waals surface area contributed by atoms with Gasteiger partial charge < -0.3 is 15.5 Å². The van der Waals surface area contributed by atoms with Crippen LogP contribution in [0.4, 0.5) is 0 Å². The van der Waals surface area contributed by atoms with Gasteiger partial charge in [0.2, 0.25) is 0 Å². The van der Waals surface area contributed by atoms with Gasteiger partial charge in [0.1, 0.15) is 0 Å². The van der Waals surface area contributed by atoms with Gasteiger partial charge in [0.25, 0.3) is 0 Å². The Morgan fingerprint density at radius 1 is 1.11 bits per heavy atom. The number of guanidine groups is 1. The molecule has 1 aromatic carbocycles. The summed E-state index contributed by atoms with van der Waals surface area (Å²) < 4.78 is 0. The lowest BCUT2D eigenvalue weighted by molar-refractivity contribution is 0.0526. The molecule has 27 heavy (non-hydrogen) atoms. The lowest BCUT2D eigenvalue weighted by Gasteiger charge is -2.47. The molecule has 5 heteroatoms. The average Bonchev–Trinajstić information content (AvgIpc) is 3.35. The fraction of sp³-hybridized carbons (Fsp3) is 0.682. The molecule has 1 saturated carbocycles. The van der Waals surface area contributed by atoms with Crippen LogP contribution in [0.15, 0.2) is 29.3 Å². The van der Waals surface area contributed by atoms with Crippen LogP contribution in [0, 0.1) is 6.92 Å². The first-order valence-electron chi connectivity index (χ1n) is 10.5. The number of aliphatic imine (C=N–C) groups is 1. The van der Waals surface area contributed by atoms with Gasteiger partial charge in [0.05, 0.1) is 0 Å². The summed E-state index contributed by atoms with van der Waals surface area (Å²) in [7, 11) is 2.32. The second-order valence-corrected chi connectivity index (χ2v) is 8.49. The second kappa shape index (κ2) is 9.12. The zero-order chi connectivity index (χ0) is 18.1. The topological polar surface area (TPSA) is 39.7 Å². The normalized spacial score (nSPS) is 33.1. The minimum Gasteiger partial charge on any atom is -0.354 e. The van der Waals surface area contributed by atoms with Crippen LogP contribution in [0.5, 0.6) is 0 Å². The number of fused-ring (bicyclic) bond motifs is 2. The Morgan fingerprint density at radius 3 is 2.48 bits per heavy atom. The Morgan fingerprint density at radius 2 is 1.81 bits per heavy atom. The summed E-state index contributed by atoms with van der Waals surface area (Å²) in [6.07, 6.45) is 7.84. The lowest BCUT2D eigenvalue weighted by atomic mass is 9.82. The summed E-state index contributed by atoms with van der Waals surface area (Å²) in [5.41, 5.74) is 2.90. The maximum Gasteiger partial charge on any atom is 0.191 e. The van der Waals surface area contributed by atoms with E-state index in [1.807, 2.05) is 0 Å². The molecule has 2 aliphatic heterocycles. The molecule has 2 heterocycles.